The van der Waals surface area contributed by atoms with E-state index in [0.29, 0.717) is 31.1 Å². The fourth-order valence-electron chi connectivity index (χ4n) is 6.13. The first-order valence-corrected chi connectivity index (χ1v) is 35.9. The monoisotopic (exact) mass is 1260 g/mol. The molecule has 2 unspecified atom stereocenters. The third-order valence-electron chi connectivity index (χ3n) is 9.77. The molecule has 0 aliphatic heterocycles. The number of hydrogen-bond acceptors (Lipinski definition) is 21. The van der Waals surface area contributed by atoms with Gasteiger partial charge in [0.25, 0.3) is 0 Å². The van der Waals surface area contributed by atoms with E-state index in [4.69, 9.17) is 40.2 Å². The van der Waals surface area contributed by atoms with Gasteiger partial charge >= 0.3 is 23.9 Å². The Hall–Kier alpha value is -5.80. The number of esters is 4. The topological polar surface area (TPSA) is 261 Å². The van der Waals surface area contributed by atoms with Crippen molar-refractivity contribution in [3.05, 3.63) is 95.7 Å². The lowest BCUT2D eigenvalue weighted by Gasteiger charge is -2.53. The molecule has 0 fully saturated rings. The lowest BCUT2D eigenvalue weighted by atomic mass is 10.2. The summed E-state index contributed by atoms with van der Waals surface area (Å²) in [7, 11) is 1.82. The summed E-state index contributed by atoms with van der Waals surface area (Å²) in [6.45, 7) is 22.6. The maximum Gasteiger partial charge on any atom is 0.348 e. The molecule has 0 heterocycles. The van der Waals surface area contributed by atoms with E-state index in [9.17, 15) is 35.0 Å². The van der Waals surface area contributed by atoms with E-state index in [0.717, 1.165) is 44.4 Å². The average molecular weight is 1260 g/mol. The minimum atomic E-state index is -2.16. The summed E-state index contributed by atoms with van der Waals surface area (Å²) >= 11 is 1.26. The Bertz CT molecular complexity index is 2270. The van der Waals surface area contributed by atoms with Crippen LogP contribution in [0.1, 0.15) is 101 Å². The van der Waals surface area contributed by atoms with Gasteiger partial charge in [-0.2, -0.15) is 45.9 Å². The van der Waals surface area contributed by atoms with Crippen molar-refractivity contribution in [2.24, 2.45) is 0 Å². The molecule has 2 atom stereocenters. The van der Waals surface area contributed by atoms with E-state index in [1.165, 1.54) is 36.3 Å². The largest absolute Gasteiger partial charge is 0.462 e. The predicted octanol–water partition coefficient (Wildman–Crippen LogP) is 11.7. The molecule has 0 aromatic carbocycles. The number of unbranched alkanes of at least 4 members (excludes halogenated alkanes) is 1. The number of allylic oxidation sites excluding steroid dienone is 8. The van der Waals surface area contributed by atoms with Gasteiger partial charge in [0, 0.05) is 109 Å². The number of rotatable bonds is 37. The molecule has 0 saturated carbocycles. The van der Waals surface area contributed by atoms with E-state index in [1.807, 2.05) is 131 Å². The van der Waals surface area contributed by atoms with Gasteiger partial charge in [-0.05, 0) is 146 Å². The Balaban J connectivity index is -0.000000723. The highest BCUT2D eigenvalue weighted by Crippen LogP contribution is 2.69. The van der Waals surface area contributed by atoms with Gasteiger partial charge in [-0.1, -0.05) is 41.0 Å². The third kappa shape index (κ3) is 47.5. The SMILES string of the molecule is CC.CC.CCCCN(C)/C=C/C=C(/C#N)C(=O)OCC.CCO.CCOC(=O)/C(C#N)=C\C=C\N(C)CCCS(C)(C)OS(C)(CCCN(C)/C=C/C=C(/C#N)C(=O)OCC)OS(C)(CCCN(C)/C=C/C=C(/C#N)C(=O)OCC)OSC. The van der Waals surface area contributed by atoms with E-state index in [2.05, 4.69) is 19.4 Å². The second-order valence-electron chi connectivity index (χ2n) is 17.4. The summed E-state index contributed by atoms with van der Waals surface area (Å²) in [5.74, 6) is -0.504. The highest BCUT2D eigenvalue weighted by molar-refractivity contribution is 8.44. The van der Waals surface area contributed by atoms with Crippen molar-refractivity contribution >= 4 is 67.4 Å². The fourth-order valence-corrected chi connectivity index (χ4v) is 16.9. The van der Waals surface area contributed by atoms with Crippen LogP contribution in [0.2, 0.25) is 0 Å². The molecule has 1 N–H and O–H groups in total. The van der Waals surface area contributed by atoms with Gasteiger partial charge in [0.15, 0.2) is 0 Å². The van der Waals surface area contributed by atoms with E-state index < -0.39 is 55.4 Å². The van der Waals surface area contributed by atoms with Gasteiger partial charge in [-0.3, -0.25) is 0 Å². The number of nitrogens with zero attached hydrogens (tertiary/aromatic N) is 8. The van der Waals surface area contributed by atoms with Gasteiger partial charge in [-0.15, -0.1) is 10.3 Å². The highest BCUT2D eigenvalue weighted by atomic mass is 32.4. The molecular weight excluding hydrogens is 1150 g/mol. The Kier molecular flexibility index (Phi) is 58.3. The van der Waals surface area contributed by atoms with Crippen molar-refractivity contribution in [1.82, 2.24) is 19.6 Å². The number of aliphatic hydroxyl groups is 1. The van der Waals surface area contributed by atoms with Crippen LogP contribution in [0.4, 0.5) is 0 Å². The second kappa shape index (κ2) is 56.3. The van der Waals surface area contributed by atoms with E-state index in [1.54, 1.807) is 71.3 Å². The number of ether oxygens (including phenoxy) is 4. The number of aliphatic hydroxyl groups excluding tert-OH is 1. The smallest absolute Gasteiger partial charge is 0.348 e. The van der Waals surface area contributed by atoms with Crippen molar-refractivity contribution in [2.45, 2.75) is 101 Å². The van der Waals surface area contributed by atoms with Gasteiger partial charge in [0.1, 0.15) is 46.6 Å². The first-order valence-electron chi connectivity index (χ1n) is 28.1. The predicted molar refractivity (Wildman–Crippen MR) is 350 cm³/mol. The van der Waals surface area contributed by atoms with Gasteiger partial charge in [0.05, 0.1) is 26.4 Å². The molecule has 0 saturated heterocycles. The molecule has 0 amide bonds. The third-order valence-corrected chi connectivity index (χ3v) is 19.7. The second-order valence-corrected chi connectivity index (χ2v) is 27.2. The fraction of sp³-hybridized carbons (Fsp3) is 0.600. The van der Waals surface area contributed by atoms with E-state index >= 15 is 0 Å². The molecule has 0 bridgehead atoms. The van der Waals surface area contributed by atoms with Crippen LogP contribution in [-0.2, 0) is 49.0 Å². The molecule has 24 heteroatoms. The first kappa shape index (κ1) is 87.0. The maximum absolute atomic E-state index is 12.0. The lowest BCUT2D eigenvalue weighted by molar-refractivity contribution is -0.138. The number of nitriles is 4. The number of carbonyl (C=O) groups excluding carboxylic acids is 4. The van der Waals surface area contributed by atoms with Crippen molar-refractivity contribution in [3.8, 4) is 24.3 Å². The van der Waals surface area contributed by atoms with Crippen molar-refractivity contribution in [1.29, 1.82) is 21.0 Å². The number of hydrogen-bond donors (Lipinski definition) is 1. The summed E-state index contributed by atoms with van der Waals surface area (Å²) in [6, 6.07) is 7.43. The molecule has 0 aromatic heterocycles. The Morgan fingerprint density at radius 2 is 0.726 bits per heavy atom. The highest BCUT2D eigenvalue weighted by Gasteiger charge is 2.31. The summed E-state index contributed by atoms with van der Waals surface area (Å²) in [5.41, 5.74) is -0.202. The van der Waals surface area contributed by atoms with Crippen LogP contribution in [-0.4, -0.2) is 185 Å². The summed E-state index contributed by atoms with van der Waals surface area (Å²) < 4.78 is 39.9. The molecule has 0 aliphatic rings. The first-order chi connectivity index (χ1) is 39.9. The van der Waals surface area contributed by atoms with Crippen molar-refractivity contribution < 1.29 is 54.1 Å². The van der Waals surface area contributed by atoms with Crippen LogP contribution in [0.25, 0.3) is 0 Å². The molecule has 0 aliphatic carbocycles. The lowest BCUT2D eigenvalue weighted by Crippen LogP contribution is -2.23. The molecule has 480 valence electrons. The van der Waals surface area contributed by atoms with Gasteiger partial charge in [0.2, 0.25) is 0 Å². The average Bonchev–Trinajstić information content (AvgIpc) is 3.48. The van der Waals surface area contributed by atoms with Crippen molar-refractivity contribution in [2.75, 3.05) is 136 Å². The molecule has 0 spiro atoms. The Labute approximate surface area is 516 Å². The zero-order valence-electron chi connectivity index (χ0n) is 54.1. The summed E-state index contributed by atoms with van der Waals surface area (Å²) in [5, 5.41) is 44.2. The van der Waals surface area contributed by atoms with Crippen LogP contribution < -0.4 is 0 Å². The van der Waals surface area contributed by atoms with Crippen LogP contribution in [0.5, 0.6) is 0 Å². The molecule has 0 rings (SSSR count). The standard InChI is InChI=1S/C41H66N6O9S4.C13H20N2O2.C2H6O.2C2H6/c1-12-51-39(48)36(33-42)21-15-24-45(4)27-18-30-58(8,9)55-60(11,32-20-29-47(6)26-17-23-38(35-44)41(50)53-14-3)56-59(10,54-57-7)31-19-28-46(5)25-16-22-37(34-43)40(49)52-13-2;1-4-6-9-15(3)10-7-8-12(11-14)13(16)17-5-2;1-2-3;2*1-2/h15-17,21-26H,12-14,18-20,27-32H2,1-11H3;7-8,10H,4-6,9H2,1-3H3;3H,2H2,1H3;2*1-2H3/b24-15+,25-16+,26-17+,36-21-,37-22-,38-23-;10-7+,12-8-;;;. The molecule has 0 aromatic rings. The van der Waals surface area contributed by atoms with Crippen LogP contribution >= 0.6 is 43.5 Å². The van der Waals surface area contributed by atoms with Crippen LogP contribution in [0.3, 0.4) is 0 Å². The van der Waals surface area contributed by atoms with Gasteiger partial charge < -0.3 is 43.7 Å². The molecule has 84 heavy (non-hydrogen) atoms. The molecule has 20 nitrogen and oxygen atoms in total. The minimum absolute atomic E-state index is 0.0204. The van der Waals surface area contributed by atoms with Crippen molar-refractivity contribution in [3.63, 3.8) is 0 Å². The Morgan fingerprint density at radius 1 is 0.464 bits per heavy atom. The zero-order valence-corrected chi connectivity index (χ0v) is 57.4. The molecular formula is C60H104N8O12S4. The van der Waals surface area contributed by atoms with Gasteiger partial charge in [-0.25, -0.2) is 26.4 Å². The summed E-state index contributed by atoms with van der Waals surface area (Å²) in [6.07, 6.45) is 34.4. The zero-order chi connectivity index (χ0) is 65.4. The molecule has 0 radical (unpaired) electrons. The summed E-state index contributed by atoms with van der Waals surface area (Å²) in [4.78, 5) is 55.0. The van der Waals surface area contributed by atoms with Crippen LogP contribution in [0.15, 0.2) is 95.7 Å². The van der Waals surface area contributed by atoms with Crippen LogP contribution in [0, 0.1) is 45.3 Å². The van der Waals surface area contributed by atoms with E-state index in [-0.39, 0.29) is 55.3 Å². The number of carbonyl (C=O) groups is 4. The Morgan fingerprint density at radius 3 is 0.976 bits per heavy atom. The quantitative estimate of drug-likeness (QED) is 0.0151. The normalized spacial score (nSPS) is 14.0. The maximum atomic E-state index is 12.0. The minimum Gasteiger partial charge on any atom is -0.462 e.